The number of nitrogens with one attached hydrogen (secondary N) is 2. The molecular weight excluding hydrogens is 373 g/mol. The fourth-order valence-corrected chi connectivity index (χ4v) is 3.55. The minimum atomic E-state index is -0.684. The molecule has 2 N–H and O–H groups in total. The number of methoxy groups -OCH3 is 1. The quantitative estimate of drug-likeness (QED) is 0.804. The van der Waals surface area contributed by atoms with Gasteiger partial charge in [0.2, 0.25) is 5.91 Å². The van der Waals surface area contributed by atoms with E-state index in [1.165, 1.54) is 18.2 Å². The van der Waals surface area contributed by atoms with E-state index in [0.29, 0.717) is 31.7 Å². The molecule has 0 bridgehead atoms. The van der Waals surface area contributed by atoms with E-state index in [0.717, 1.165) is 17.7 Å². The molecule has 154 valence electrons. The summed E-state index contributed by atoms with van der Waals surface area (Å²) in [5.41, 5.74) is 0.652. The van der Waals surface area contributed by atoms with E-state index in [1.807, 2.05) is 31.2 Å². The number of carbonyl (C=O) groups excluding carboxylic acids is 2. The summed E-state index contributed by atoms with van der Waals surface area (Å²) >= 11 is 0. The molecule has 6 nitrogen and oxygen atoms in total. The molecule has 0 aliphatic carbocycles. The molecule has 3 amide bonds. The molecule has 1 fully saturated rings. The molecule has 1 saturated heterocycles. The van der Waals surface area contributed by atoms with Crippen LogP contribution >= 0.6 is 0 Å². The lowest BCUT2D eigenvalue weighted by Crippen LogP contribution is -2.52. The van der Waals surface area contributed by atoms with Crippen LogP contribution in [0.15, 0.2) is 48.5 Å². The average molecular weight is 399 g/mol. The third-order valence-electron chi connectivity index (χ3n) is 5.19. The van der Waals surface area contributed by atoms with Crippen LogP contribution in [0.1, 0.15) is 25.3 Å². The molecule has 0 saturated carbocycles. The largest absolute Gasteiger partial charge is 0.497 e. The molecule has 0 aromatic heterocycles. The van der Waals surface area contributed by atoms with Gasteiger partial charge in [-0.2, -0.15) is 0 Å². The highest BCUT2D eigenvalue weighted by Crippen LogP contribution is 2.30. The molecule has 1 aliphatic heterocycles. The maximum atomic E-state index is 13.3. The number of likely N-dealkylation sites (tertiary alicyclic amines) is 1. The number of halogens is 1. The number of rotatable bonds is 5. The zero-order valence-corrected chi connectivity index (χ0v) is 16.7. The Labute approximate surface area is 170 Å². The summed E-state index contributed by atoms with van der Waals surface area (Å²) in [6.45, 7) is 3.12. The lowest BCUT2D eigenvalue weighted by molar-refractivity contribution is -0.132. The number of anilines is 1. The van der Waals surface area contributed by atoms with Crippen molar-refractivity contribution in [2.75, 3.05) is 25.5 Å². The van der Waals surface area contributed by atoms with Gasteiger partial charge in [0.1, 0.15) is 11.6 Å². The first-order chi connectivity index (χ1) is 13.9. The Hall–Kier alpha value is -3.09. The van der Waals surface area contributed by atoms with Gasteiger partial charge in [-0.25, -0.2) is 9.18 Å². The Bertz CT molecular complexity index is 889. The summed E-state index contributed by atoms with van der Waals surface area (Å²) in [5, 5.41) is 5.68. The summed E-state index contributed by atoms with van der Waals surface area (Å²) in [6.07, 6.45) is 1.42. The second-order valence-corrected chi connectivity index (χ2v) is 7.56. The van der Waals surface area contributed by atoms with Crippen molar-refractivity contribution in [1.29, 1.82) is 0 Å². The minimum absolute atomic E-state index is 0.0939. The molecular formula is C22H26FN3O3. The highest BCUT2D eigenvalue weighted by Gasteiger charge is 2.39. The van der Waals surface area contributed by atoms with Crippen LogP contribution in [0.2, 0.25) is 0 Å². The van der Waals surface area contributed by atoms with Gasteiger partial charge in [-0.3, -0.25) is 4.79 Å². The van der Waals surface area contributed by atoms with Gasteiger partial charge in [0.05, 0.1) is 12.5 Å². The zero-order chi connectivity index (χ0) is 20.9. The van der Waals surface area contributed by atoms with Gasteiger partial charge >= 0.3 is 6.03 Å². The normalized spacial score (nSPS) is 18.8. The van der Waals surface area contributed by atoms with E-state index in [-0.39, 0.29) is 11.9 Å². The maximum Gasteiger partial charge on any atom is 0.321 e. The van der Waals surface area contributed by atoms with Gasteiger partial charge in [0, 0.05) is 25.3 Å². The standard InChI is InChI=1S/C22H26FN3O3/c1-22(20(27)24-14-16-6-3-9-19(12-16)29-2)10-5-11-26(15-22)21(28)25-18-8-4-7-17(23)13-18/h3-4,6-9,12-13H,5,10-11,14-15H2,1-2H3,(H,24,27)(H,25,28)/t22-/m1/s1. The molecule has 0 radical (unpaired) electrons. The SMILES string of the molecule is COc1cccc(CNC(=O)[C@]2(C)CCCN(C(=O)Nc3cccc(F)c3)C2)c1. The van der Waals surface area contributed by atoms with Gasteiger partial charge in [0.15, 0.2) is 0 Å². The second-order valence-electron chi connectivity index (χ2n) is 7.56. The molecule has 1 aliphatic rings. The number of piperidine rings is 1. The summed E-state index contributed by atoms with van der Waals surface area (Å²) in [4.78, 5) is 27.1. The zero-order valence-electron chi connectivity index (χ0n) is 16.7. The van der Waals surface area contributed by atoms with E-state index < -0.39 is 11.2 Å². The minimum Gasteiger partial charge on any atom is -0.497 e. The Kier molecular flexibility index (Phi) is 6.36. The summed E-state index contributed by atoms with van der Waals surface area (Å²) < 4.78 is 18.5. The Balaban J connectivity index is 1.59. The predicted molar refractivity (Wildman–Crippen MR) is 109 cm³/mol. The molecule has 3 rings (SSSR count). The average Bonchev–Trinajstić information content (AvgIpc) is 2.72. The van der Waals surface area contributed by atoms with E-state index in [9.17, 15) is 14.0 Å². The number of carbonyl (C=O) groups is 2. The Morgan fingerprint density at radius 2 is 2.00 bits per heavy atom. The third kappa shape index (κ3) is 5.25. The molecule has 0 spiro atoms. The van der Waals surface area contributed by atoms with E-state index in [2.05, 4.69) is 10.6 Å². The van der Waals surface area contributed by atoms with Crippen molar-refractivity contribution >= 4 is 17.6 Å². The van der Waals surface area contributed by atoms with Gasteiger partial charge in [-0.05, 0) is 55.7 Å². The topological polar surface area (TPSA) is 70.7 Å². The van der Waals surface area contributed by atoms with Gasteiger partial charge < -0.3 is 20.3 Å². The number of ether oxygens (including phenoxy) is 1. The number of hydrogen-bond donors (Lipinski definition) is 2. The monoisotopic (exact) mass is 399 g/mol. The van der Waals surface area contributed by atoms with Crippen LogP contribution in [0.3, 0.4) is 0 Å². The van der Waals surface area contributed by atoms with Crippen LogP contribution in [0.4, 0.5) is 14.9 Å². The van der Waals surface area contributed by atoms with Crippen molar-refractivity contribution in [2.45, 2.75) is 26.3 Å². The van der Waals surface area contributed by atoms with E-state index in [1.54, 1.807) is 18.1 Å². The number of benzene rings is 2. The van der Waals surface area contributed by atoms with Crippen molar-refractivity contribution < 1.29 is 18.7 Å². The van der Waals surface area contributed by atoms with Crippen LogP contribution in [0, 0.1) is 11.2 Å². The molecule has 1 atom stereocenters. The first kappa shape index (κ1) is 20.6. The summed E-state index contributed by atoms with van der Waals surface area (Å²) in [5.74, 6) is 0.229. The van der Waals surface area contributed by atoms with Gasteiger partial charge in [-0.1, -0.05) is 18.2 Å². The van der Waals surface area contributed by atoms with Crippen LogP contribution in [0.5, 0.6) is 5.75 Å². The smallest absolute Gasteiger partial charge is 0.321 e. The van der Waals surface area contributed by atoms with Crippen molar-refractivity contribution in [3.05, 3.63) is 59.9 Å². The first-order valence-electron chi connectivity index (χ1n) is 9.62. The fourth-order valence-electron chi connectivity index (χ4n) is 3.55. The fraction of sp³-hybridized carbons (Fsp3) is 0.364. The summed E-state index contributed by atoms with van der Waals surface area (Å²) in [7, 11) is 1.60. The molecule has 0 unspecified atom stereocenters. The second kappa shape index (κ2) is 8.94. The van der Waals surface area contributed by atoms with Gasteiger partial charge in [-0.15, -0.1) is 0 Å². The number of amides is 3. The maximum absolute atomic E-state index is 13.3. The number of nitrogens with zero attached hydrogens (tertiary/aromatic N) is 1. The van der Waals surface area contributed by atoms with Gasteiger partial charge in [0.25, 0.3) is 0 Å². The Morgan fingerprint density at radius 3 is 2.76 bits per heavy atom. The third-order valence-corrected chi connectivity index (χ3v) is 5.19. The highest BCUT2D eigenvalue weighted by atomic mass is 19.1. The lowest BCUT2D eigenvalue weighted by atomic mass is 9.81. The predicted octanol–water partition coefficient (Wildman–Crippen LogP) is 3.78. The first-order valence-corrected chi connectivity index (χ1v) is 9.62. The van der Waals surface area contributed by atoms with E-state index >= 15 is 0 Å². The van der Waals surface area contributed by atoms with Crippen molar-refractivity contribution in [3.63, 3.8) is 0 Å². The van der Waals surface area contributed by atoms with E-state index in [4.69, 9.17) is 4.74 Å². The van der Waals surface area contributed by atoms with Crippen molar-refractivity contribution in [3.8, 4) is 5.75 Å². The number of hydrogen-bond acceptors (Lipinski definition) is 3. The molecule has 1 heterocycles. The number of urea groups is 1. The van der Waals surface area contributed by atoms with Crippen LogP contribution in [-0.2, 0) is 11.3 Å². The Morgan fingerprint density at radius 1 is 1.21 bits per heavy atom. The van der Waals surface area contributed by atoms with Crippen LogP contribution in [0.25, 0.3) is 0 Å². The van der Waals surface area contributed by atoms with Crippen LogP contribution < -0.4 is 15.4 Å². The summed E-state index contributed by atoms with van der Waals surface area (Å²) in [6, 6.07) is 12.9. The van der Waals surface area contributed by atoms with Crippen molar-refractivity contribution in [1.82, 2.24) is 10.2 Å². The molecule has 2 aromatic carbocycles. The van der Waals surface area contributed by atoms with Crippen LogP contribution in [-0.4, -0.2) is 37.0 Å². The molecule has 29 heavy (non-hydrogen) atoms. The lowest BCUT2D eigenvalue weighted by Gasteiger charge is -2.39. The van der Waals surface area contributed by atoms with Crippen molar-refractivity contribution in [2.24, 2.45) is 5.41 Å². The molecule has 7 heteroatoms. The molecule has 2 aromatic rings. The highest BCUT2D eigenvalue weighted by molar-refractivity contribution is 5.90.